The van der Waals surface area contributed by atoms with Gasteiger partial charge in [0.05, 0.1) is 5.02 Å². The van der Waals surface area contributed by atoms with Crippen molar-refractivity contribution in [3.63, 3.8) is 0 Å². The topological polar surface area (TPSA) is 15.3 Å². The van der Waals surface area contributed by atoms with Crippen LogP contribution in [0, 0.1) is 0 Å². The van der Waals surface area contributed by atoms with Gasteiger partial charge in [0.1, 0.15) is 0 Å². The Balaban J connectivity index is 1.86. The third-order valence-electron chi connectivity index (χ3n) is 5.14. The van der Waals surface area contributed by atoms with Gasteiger partial charge in [-0.15, -0.1) is 0 Å². The van der Waals surface area contributed by atoms with Crippen LogP contribution in [0.2, 0.25) is 5.02 Å². The van der Waals surface area contributed by atoms with E-state index in [2.05, 4.69) is 45.2 Å². The first-order valence-corrected chi connectivity index (χ1v) is 9.27. The quantitative estimate of drug-likeness (QED) is 0.787. The van der Waals surface area contributed by atoms with Crippen LogP contribution in [0.3, 0.4) is 0 Å². The molecule has 2 nitrogen and oxygen atoms in total. The van der Waals surface area contributed by atoms with E-state index in [1.165, 1.54) is 44.2 Å². The van der Waals surface area contributed by atoms with Crippen molar-refractivity contribution in [2.45, 2.75) is 57.0 Å². The number of piperazine rings is 1. The summed E-state index contributed by atoms with van der Waals surface area (Å²) in [4.78, 5) is 2.60. The summed E-state index contributed by atoms with van der Waals surface area (Å²) in [5.41, 5.74) is 1.63. The number of hydrogen-bond acceptors (Lipinski definition) is 2. The lowest BCUT2D eigenvalue weighted by Gasteiger charge is -2.50. The van der Waals surface area contributed by atoms with Gasteiger partial charge in [0, 0.05) is 34.8 Å². The third kappa shape index (κ3) is 3.25. The molecule has 1 unspecified atom stereocenters. The molecule has 1 N–H and O–H groups in total. The summed E-state index contributed by atoms with van der Waals surface area (Å²) in [6.07, 6.45) is 7.92. The zero-order valence-electron chi connectivity index (χ0n) is 12.7. The van der Waals surface area contributed by atoms with E-state index >= 15 is 0 Å². The van der Waals surface area contributed by atoms with Gasteiger partial charge in [-0.2, -0.15) is 0 Å². The molecule has 116 valence electrons. The Morgan fingerprint density at radius 3 is 2.76 bits per heavy atom. The molecule has 1 aromatic carbocycles. The molecule has 1 spiro atoms. The zero-order chi connectivity index (χ0) is 14.9. The van der Waals surface area contributed by atoms with Crippen LogP contribution in [0.4, 0.5) is 5.69 Å². The lowest BCUT2D eigenvalue weighted by atomic mass is 9.79. The molecule has 1 heterocycles. The summed E-state index contributed by atoms with van der Waals surface area (Å²) in [6.45, 7) is 4.50. The van der Waals surface area contributed by atoms with Crippen molar-refractivity contribution in [2.24, 2.45) is 0 Å². The molecule has 1 saturated carbocycles. The van der Waals surface area contributed by atoms with E-state index in [0.717, 1.165) is 22.6 Å². The molecule has 1 aromatic rings. The average molecular weight is 372 g/mol. The van der Waals surface area contributed by atoms with Crippen molar-refractivity contribution in [1.82, 2.24) is 5.32 Å². The second kappa shape index (κ2) is 6.47. The van der Waals surface area contributed by atoms with Gasteiger partial charge in [-0.25, -0.2) is 0 Å². The first-order chi connectivity index (χ1) is 10.1. The molecule has 0 radical (unpaired) electrons. The standard InChI is InChI=1S/C17H24BrClN2/c1-2-13-11-20-17(8-4-3-5-9-17)12-21(13)14-6-7-16(19)15(18)10-14/h6-7,10,13,20H,2-5,8-9,11-12H2,1H3. The van der Waals surface area contributed by atoms with Crippen molar-refractivity contribution in [2.75, 3.05) is 18.0 Å². The van der Waals surface area contributed by atoms with Crippen molar-refractivity contribution in [3.05, 3.63) is 27.7 Å². The molecule has 0 amide bonds. The highest BCUT2D eigenvalue weighted by Crippen LogP contribution is 2.36. The van der Waals surface area contributed by atoms with Crippen LogP contribution in [-0.4, -0.2) is 24.7 Å². The van der Waals surface area contributed by atoms with E-state index in [0.29, 0.717) is 11.6 Å². The van der Waals surface area contributed by atoms with Gasteiger partial charge in [0.15, 0.2) is 0 Å². The van der Waals surface area contributed by atoms with E-state index in [1.807, 2.05) is 6.07 Å². The second-order valence-electron chi connectivity index (χ2n) is 6.51. The Hall–Kier alpha value is -0.250. The minimum Gasteiger partial charge on any atom is -0.365 e. The summed E-state index contributed by atoms with van der Waals surface area (Å²) in [6, 6.07) is 6.92. The Kier molecular flexibility index (Phi) is 4.82. The maximum Gasteiger partial charge on any atom is 0.0549 e. The van der Waals surface area contributed by atoms with Gasteiger partial charge in [-0.3, -0.25) is 0 Å². The van der Waals surface area contributed by atoms with Crippen molar-refractivity contribution >= 4 is 33.2 Å². The third-order valence-corrected chi connectivity index (χ3v) is 6.36. The molecule has 1 atom stereocenters. The number of benzene rings is 1. The maximum absolute atomic E-state index is 6.15. The number of hydrogen-bond donors (Lipinski definition) is 1. The monoisotopic (exact) mass is 370 g/mol. The minimum absolute atomic E-state index is 0.329. The van der Waals surface area contributed by atoms with E-state index in [1.54, 1.807) is 0 Å². The molecule has 2 aliphatic rings. The van der Waals surface area contributed by atoms with Crippen LogP contribution in [0.25, 0.3) is 0 Å². The van der Waals surface area contributed by atoms with Crippen molar-refractivity contribution in [1.29, 1.82) is 0 Å². The first-order valence-electron chi connectivity index (χ1n) is 8.10. The molecular formula is C17H24BrClN2. The fourth-order valence-corrected chi connectivity index (χ4v) is 4.33. The van der Waals surface area contributed by atoms with E-state index in [4.69, 9.17) is 11.6 Å². The predicted molar refractivity (Wildman–Crippen MR) is 94.4 cm³/mol. The van der Waals surface area contributed by atoms with Crippen molar-refractivity contribution in [3.8, 4) is 0 Å². The van der Waals surface area contributed by atoms with Gasteiger partial charge in [0.25, 0.3) is 0 Å². The van der Waals surface area contributed by atoms with Crippen molar-refractivity contribution < 1.29 is 0 Å². The zero-order valence-corrected chi connectivity index (χ0v) is 15.0. The number of nitrogens with zero attached hydrogens (tertiary/aromatic N) is 1. The predicted octanol–water partition coefficient (Wildman–Crippen LogP) is 4.99. The van der Waals surface area contributed by atoms with E-state index in [9.17, 15) is 0 Å². The number of halogens is 2. The van der Waals surface area contributed by atoms with E-state index in [-0.39, 0.29) is 0 Å². The Morgan fingerprint density at radius 1 is 1.33 bits per heavy atom. The summed E-state index contributed by atoms with van der Waals surface area (Å²) in [5.74, 6) is 0. The molecular weight excluding hydrogens is 348 g/mol. The number of nitrogens with one attached hydrogen (secondary N) is 1. The summed E-state index contributed by atoms with van der Waals surface area (Å²) >= 11 is 9.72. The molecule has 0 bridgehead atoms. The van der Waals surface area contributed by atoms with Gasteiger partial charge in [-0.05, 0) is 53.4 Å². The molecule has 1 aliphatic carbocycles. The molecule has 21 heavy (non-hydrogen) atoms. The maximum atomic E-state index is 6.15. The molecule has 2 fully saturated rings. The first kappa shape index (κ1) is 15.6. The SMILES string of the molecule is CCC1CNC2(CCCCC2)CN1c1ccc(Cl)c(Br)c1. The lowest BCUT2D eigenvalue weighted by Crippen LogP contribution is -2.65. The highest BCUT2D eigenvalue weighted by Gasteiger charge is 2.39. The molecule has 3 rings (SSSR count). The van der Waals surface area contributed by atoms with Crippen LogP contribution in [0.1, 0.15) is 45.4 Å². The summed E-state index contributed by atoms with van der Waals surface area (Å²) in [5, 5.41) is 4.67. The second-order valence-corrected chi connectivity index (χ2v) is 7.77. The Labute approximate surface area is 141 Å². The van der Waals surface area contributed by atoms with Crippen LogP contribution in [0.5, 0.6) is 0 Å². The van der Waals surface area contributed by atoms with Crippen LogP contribution < -0.4 is 10.2 Å². The summed E-state index contributed by atoms with van der Waals surface area (Å²) in [7, 11) is 0. The van der Waals surface area contributed by atoms with Crippen LogP contribution in [0.15, 0.2) is 22.7 Å². The highest BCUT2D eigenvalue weighted by atomic mass is 79.9. The normalized spacial score (nSPS) is 25.3. The number of anilines is 1. The summed E-state index contributed by atoms with van der Waals surface area (Å²) < 4.78 is 0.993. The molecule has 1 aliphatic heterocycles. The van der Waals surface area contributed by atoms with Gasteiger partial charge in [0.2, 0.25) is 0 Å². The van der Waals surface area contributed by atoms with Gasteiger partial charge < -0.3 is 10.2 Å². The van der Waals surface area contributed by atoms with Crippen LogP contribution >= 0.6 is 27.5 Å². The molecule has 0 aromatic heterocycles. The van der Waals surface area contributed by atoms with Gasteiger partial charge >= 0.3 is 0 Å². The van der Waals surface area contributed by atoms with E-state index < -0.39 is 0 Å². The van der Waals surface area contributed by atoms with Gasteiger partial charge in [-0.1, -0.05) is 37.8 Å². The highest BCUT2D eigenvalue weighted by molar-refractivity contribution is 9.10. The average Bonchev–Trinajstić information content (AvgIpc) is 2.51. The fraction of sp³-hybridized carbons (Fsp3) is 0.647. The molecule has 1 saturated heterocycles. The Morgan fingerprint density at radius 2 is 2.10 bits per heavy atom. The smallest absolute Gasteiger partial charge is 0.0549 e. The minimum atomic E-state index is 0.329. The van der Waals surface area contributed by atoms with Crippen LogP contribution in [-0.2, 0) is 0 Å². The molecule has 4 heteroatoms. The Bertz CT molecular complexity index is 500. The fourth-order valence-electron chi connectivity index (χ4n) is 3.85. The lowest BCUT2D eigenvalue weighted by molar-refractivity contribution is 0.196. The largest absolute Gasteiger partial charge is 0.365 e. The number of rotatable bonds is 2.